The Kier molecular flexibility index (Phi) is 3.67. The molecule has 0 atom stereocenters. The van der Waals surface area contributed by atoms with Crippen LogP contribution in [0.2, 0.25) is 0 Å². The molecule has 0 aliphatic heterocycles. The Morgan fingerprint density at radius 1 is 1.22 bits per heavy atom. The number of para-hydroxylation sites is 1. The highest BCUT2D eigenvalue weighted by Gasteiger charge is 2.28. The number of thiazole rings is 1. The van der Waals surface area contributed by atoms with Crippen LogP contribution >= 0.6 is 11.3 Å². The van der Waals surface area contributed by atoms with Gasteiger partial charge in [-0.05, 0) is 25.0 Å². The third kappa shape index (κ3) is 2.66. The van der Waals surface area contributed by atoms with Gasteiger partial charge in [-0.1, -0.05) is 18.2 Å². The Morgan fingerprint density at radius 2 is 2.09 bits per heavy atom. The zero-order valence-electron chi connectivity index (χ0n) is 12.4. The molecule has 0 N–H and O–H groups in total. The van der Waals surface area contributed by atoms with Crippen molar-refractivity contribution in [1.29, 1.82) is 0 Å². The summed E-state index contributed by atoms with van der Waals surface area (Å²) < 4.78 is 7.60. The second-order valence-electron chi connectivity index (χ2n) is 5.37. The lowest BCUT2D eigenvalue weighted by atomic mass is 9.94. The third-order valence-corrected chi connectivity index (χ3v) is 4.62. The van der Waals surface area contributed by atoms with Crippen molar-refractivity contribution in [2.45, 2.75) is 25.9 Å². The number of ketones is 1. The van der Waals surface area contributed by atoms with Gasteiger partial charge in [-0.2, -0.15) is 5.10 Å². The van der Waals surface area contributed by atoms with Crippen molar-refractivity contribution in [1.82, 2.24) is 14.8 Å². The second-order valence-corrected chi connectivity index (χ2v) is 6.25. The van der Waals surface area contributed by atoms with Crippen molar-refractivity contribution >= 4 is 17.1 Å². The predicted molar refractivity (Wildman–Crippen MR) is 87.3 cm³/mol. The van der Waals surface area contributed by atoms with E-state index in [4.69, 9.17) is 4.74 Å². The lowest BCUT2D eigenvalue weighted by molar-refractivity contribution is 0.0969. The SMILES string of the molecule is O=C1CCCc2c1c(COc1ccccc1)nn2-c1nccs1. The first-order chi connectivity index (χ1) is 11.3. The average Bonchev–Trinajstić information content (AvgIpc) is 3.22. The lowest BCUT2D eigenvalue weighted by Gasteiger charge is -2.12. The van der Waals surface area contributed by atoms with E-state index in [2.05, 4.69) is 10.1 Å². The van der Waals surface area contributed by atoms with E-state index in [0.717, 1.165) is 35.0 Å². The minimum absolute atomic E-state index is 0.153. The van der Waals surface area contributed by atoms with E-state index in [9.17, 15) is 4.79 Å². The summed E-state index contributed by atoms with van der Waals surface area (Å²) in [7, 11) is 0. The Hall–Kier alpha value is -2.47. The first kappa shape index (κ1) is 14.1. The number of benzene rings is 1. The number of aromatic nitrogens is 3. The molecule has 2 aromatic heterocycles. The van der Waals surface area contributed by atoms with Gasteiger partial charge in [0.05, 0.1) is 11.3 Å². The van der Waals surface area contributed by atoms with Gasteiger partial charge in [-0.25, -0.2) is 9.67 Å². The van der Waals surface area contributed by atoms with Gasteiger partial charge in [0.2, 0.25) is 5.13 Å². The molecule has 0 amide bonds. The highest BCUT2D eigenvalue weighted by atomic mass is 32.1. The molecule has 1 aromatic carbocycles. The molecule has 0 fully saturated rings. The predicted octanol–water partition coefficient (Wildman–Crippen LogP) is 3.43. The zero-order chi connectivity index (χ0) is 15.6. The number of hydrogen-bond donors (Lipinski definition) is 0. The smallest absolute Gasteiger partial charge is 0.210 e. The summed E-state index contributed by atoms with van der Waals surface area (Å²) in [4.78, 5) is 16.7. The number of carbonyl (C=O) groups is 1. The van der Waals surface area contributed by atoms with Gasteiger partial charge in [0, 0.05) is 18.0 Å². The van der Waals surface area contributed by atoms with Gasteiger partial charge in [0.15, 0.2) is 5.78 Å². The quantitative estimate of drug-likeness (QED) is 0.737. The van der Waals surface area contributed by atoms with Crippen molar-refractivity contribution < 1.29 is 9.53 Å². The first-order valence-corrected chi connectivity index (χ1v) is 8.42. The minimum atomic E-state index is 0.153. The average molecular weight is 325 g/mol. The topological polar surface area (TPSA) is 57.0 Å². The Labute approximate surface area is 137 Å². The molecule has 0 bridgehead atoms. The summed E-state index contributed by atoms with van der Waals surface area (Å²) in [6, 6.07) is 9.57. The van der Waals surface area contributed by atoms with Gasteiger partial charge in [0.1, 0.15) is 18.1 Å². The molecule has 23 heavy (non-hydrogen) atoms. The van der Waals surface area contributed by atoms with Gasteiger partial charge >= 0.3 is 0 Å². The summed E-state index contributed by atoms with van der Waals surface area (Å²) in [6.45, 7) is 0.288. The molecule has 3 aromatic rings. The third-order valence-electron chi connectivity index (χ3n) is 3.87. The highest BCUT2D eigenvalue weighted by molar-refractivity contribution is 7.12. The maximum absolute atomic E-state index is 12.4. The van der Waals surface area contributed by atoms with Crippen LogP contribution in [0.25, 0.3) is 5.13 Å². The number of carbonyl (C=O) groups excluding carboxylic acids is 1. The summed E-state index contributed by atoms with van der Waals surface area (Å²) >= 11 is 1.52. The zero-order valence-corrected chi connectivity index (χ0v) is 13.3. The molecule has 4 rings (SSSR count). The van der Waals surface area contributed by atoms with Crippen molar-refractivity contribution in [3.63, 3.8) is 0 Å². The Morgan fingerprint density at radius 3 is 2.87 bits per heavy atom. The summed E-state index contributed by atoms with van der Waals surface area (Å²) in [5, 5.41) is 7.32. The van der Waals surface area contributed by atoms with E-state index in [1.807, 2.05) is 35.7 Å². The van der Waals surface area contributed by atoms with Crippen LogP contribution in [0.3, 0.4) is 0 Å². The molecule has 0 saturated heterocycles. The van der Waals surface area contributed by atoms with Crippen LogP contribution in [0.4, 0.5) is 0 Å². The van der Waals surface area contributed by atoms with Crippen molar-refractivity contribution in [2.75, 3.05) is 0 Å². The molecule has 0 saturated carbocycles. The molecule has 0 radical (unpaired) electrons. The number of rotatable bonds is 4. The molecule has 5 nitrogen and oxygen atoms in total. The molecule has 2 heterocycles. The minimum Gasteiger partial charge on any atom is -0.487 e. The molecule has 0 spiro atoms. The number of Topliss-reactive ketones (excluding diaryl/α,β-unsaturated/α-hetero) is 1. The first-order valence-electron chi connectivity index (χ1n) is 7.54. The van der Waals surface area contributed by atoms with Gasteiger partial charge in [0.25, 0.3) is 0 Å². The van der Waals surface area contributed by atoms with Crippen molar-refractivity contribution in [3.05, 3.63) is 58.9 Å². The van der Waals surface area contributed by atoms with Crippen LogP contribution in [-0.2, 0) is 13.0 Å². The fourth-order valence-electron chi connectivity index (χ4n) is 2.85. The van der Waals surface area contributed by atoms with Gasteiger partial charge in [-0.3, -0.25) is 4.79 Å². The van der Waals surface area contributed by atoms with E-state index in [0.29, 0.717) is 12.1 Å². The summed E-state index contributed by atoms with van der Waals surface area (Å²) in [5.41, 5.74) is 2.38. The van der Waals surface area contributed by atoms with Crippen molar-refractivity contribution in [2.24, 2.45) is 0 Å². The fraction of sp³-hybridized carbons (Fsp3) is 0.235. The number of nitrogens with zero attached hydrogens (tertiary/aromatic N) is 3. The van der Waals surface area contributed by atoms with E-state index in [1.54, 1.807) is 10.9 Å². The van der Waals surface area contributed by atoms with E-state index in [-0.39, 0.29) is 12.4 Å². The molecular weight excluding hydrogens is 310 g/mol. The number of fused-ring (bicyclic) bond motifs is 1. The maximum atomic E-state index is 12.4. The Balaban J connectivity index is 1.70. The van der Waals surface area contributed by atoms with E-state index >= 15 is 0 Å². The maximum Gasteiger partial charge on any atom is 0.210 e. The van der Waals surface area contributed by atoms with E-state index < -0.39 is 0 Å². The molecule has 1 aliphatic carbocycles. The molecule has 6 heteroatoms. The summed E-state index contributed by atoms with van der Waals surface area (Å²) in [5.74, 6) is 0.925. The normalized spacial score (nSPS) is 13.8. The number of ether oxygens (including phenoxy) is 1. The molecule has 1 aliphatic rings. The van der Waals surface area contributed by atoms with Crippen LogP contribution < -0.4 is 4.74 Å². The lowest BCUT2D eigenvalue weighted by Crippen LogP contribution is -2.14. The molecular formula is C17H15N3O2S. The van der Waals surface area contributed by atoms with Gasteiger partial charge < -0.3 is 4.74 Å². The fourth-order valence-corrected chi connectivity index (χ4v) is 3.46. The second kappa shape index (κ2) is 5.96. The van der Waals surface area contributed by atoms with Crippen LogP contribution in [0, 0.1) is 0 Å². The molecule has 116 valence electrons. The largest absolute Gasteiger partial charge is 0.487 e. The highest BCUT2D eigenvalue weighted by Crippen LogP contribution is 2.28. The number of hydrogen-bond acceptors (Lipinski definition) is 5. The van der Waals surface area contributed by atoms with Crippen LogP contribution in [-0.4, -0.2) is 20.5 Å². The van der Waals surface area contributed by atoms with Crippen LogP contribution in [0.5, 0.6) is 5.75 Å². The van der Waals surface area contributed by atoms with Gasteiger partial charge in [-0.15, -0.1) is 11.3 Å². The monoisotopic (exact) mass is 325 g/mol. The van der Waals surface area contributed by atoms with E-state index in [1.165, 1.54) is 11.3 Å². The van der Waals surface area contributed by atoms with Crippen molar-refractivity contribution in [3.8, 4) is 10.9 Å². The summed E-state index contributed by atoms with van der Waals surface area (Å²) in [6.07, 6.45) is 4.04. The standard InChI is InChI=1S/C17H15N3O2S/c21-15-8-4-7-14-16(15)13(11-22-12-5-2-1-3-6-12)19-20(14)17-18-9-10-23-17/h1-3,5-6,9-10H,4,7-8,11H2. The van der Waals surface area contributed by atoms with Crippen LogP contribution in [0.1, 0.15) is 34.6 Å². The molecule has 0 unspecified atom stereocenters. The Bertz CT molecular complexity index is 825. The van der Waals surface area contributed by atoms with Crippen LogP contribution in [0.15, 0.2) is 41.9 Å².